The predicted molar refractivity (Wildman–Crippen MR) is 72.0 cm³/mol. The summed E-state index contributed by atoms with van der Waals surface area (Å²) in [6.07, 6.45) is -5.07. The van der Waals surface area contributed by atoms with E-state index < -0.39 is 35.0 Å². The third-order valence-corrected chi connectivity index (χ3v) is 3.76. The van der Waals surface area contributed by atoms with Gasteiger partial charge in [0.25, 0.3) is 0 Å². The van der Waals surface area contributed by atoms with Crippen LogP contribution < -0.4 is 5.63 Å². The number of amides is 1. The van der Waals surface area contributed by atoms with Gasteiger partial charge in [-0.3, -0.25) is 4.90 Å². The maximum absolute atomic E-state index is 13.1. The van der Waals surface area contributed by atoms with Crippen LogP contribution in [0, 0.1) is 0 Å². The summed E-state index contributed by atoms with van der Waals surface area (Å²) in [7, 11) is 0. The van der Waals surface area contributed by atoms with Crippen LogP contribution in [0.25, 0.3) is 10.9 Å². The van der Waals surface area contributed by atoms with Crippen LogP contribution in [0.1, 0.15) is 30.3 Å². The average Bonchev–Trinajstić information content (AvgIpc) is 2.95. The number of alkyl halides is 3. The van der Waals surface area contributed by atoms with Crippen molar-refractivity contribution in [1.29, 1.82) is 0 Å². The van der Waals surface area contributed by atoms with Crippen LogP contribution in [-0.4, -0.2) is 27.6 Å². The summed E-state index contributed by atoms with van der Waals surface area (Å²) < 4.78 is 44.2. The molecule has 1 amide bonds. The van der Waals surface area contributed by atoms with Crippen molar-refractivity contribution in [3.8, 4) is 0 Å². The van der Waals surface area contributed by atoms with E-state index in [4.69, 9.17) is 9.52 Å². The van der Waals surface area contributed by atoms with E-state index in [2.05, 4.69) is 4.98 Å². The third-order valence-electron chi connectivity index (χ3n) is 3.76. The molecule has 0 spiro atoms. The van der Waals surface area contributed by atoms with Crippen molar-refractivity contribution in [2.24, 2.45) is 0 Å². The number of fused-ring (bicyclic) bond motifs is 1. The summed E-state index contributed by atoms with van der Waals surface area (Å²) in [6, 6.07) is 2.26. The van der Waals surface area contributed by atoms with E-state index in [1.54, 1.807) is 0 Å². The molecule has 0 radical (unpaired) electrons. The number of para-hydroxylation sites is 1. The Bertz CT molecular complexity index is 831. The smallest absolute Gasteiger partial charge is 0.418 e. The van der Waals surface area contributed by atoms with Crippen molar-refractivity contribution in [3.05, 3.63) is 40.1 Å². The first-order chi connectivity index (χ1) is 10.8. The van der Waals surface area contributed by atoms with Crippen LogP contribution in [0.4, 0.5) is 18.0 Å². The summed E-state index contributed by atoms with van der Waals surface area (Å²) in [5.74, 6) is -0.306. The van der Waals surface area contributed by atoms with Gasteiger partial charge in [0.1, 0.15) is 6.04 Å². The van der Waals surface area contributed by atoms with Crippen molar-refractivity contribution in [1.82, 2.24) is 9.88 Å². The van der Waals surface area contributed by atoms with Crippen molar-refractivity contribution in [3.63, 3.8) is 0 Å². The second-order valence-electron chi connectivity index (χ2n) is 5.17. The molecule has 1 N–H and O–H groups in total. The molecule has 6 nitrogen and oxygen atoms in total. The molecule has 2 aromatic rings. The van der Waals surface area contributed by atoms with E-state index in [9.17, 15) is 22.8 Å². The van der Waals surface area contributed by atoms with Crippen molar-refractivity contribution in [2.45, 2.75) is 25.1 Å². The number of benzene rings is 1. The van der Waals surface area contributed by atoms with Crippen molar-refractivity contribution in [2.75, 3.05) is 6.54 Å². The number of halogens is 3. The van der Waals surface area contributed by atoms with Gasteiger partial charge in [-0.25, -0.2) is 14.6 Å². The minimum atomic E-state index is -4.68. The lowest BCUT2D eigenvalue weighted by Gasteiger charge is -2.19. The second kappa shape index (κ2) is 5.25. The highest BCUT2D eigenvalue weighted by atomic mass is 19.4. The Kier molecular flexibility index (Phi) is 3.50. The van der Waals surface area contributed by atoms with Crippen LogP contribution in [0.3, 0.4) is 0 Å². The Morgan fingerprint density at radius 3 is 2.78 bits per heavy atom. The summed E-state index contributed by atoms with van der Waals surface area (Å²) in [6.45, 7) is 0.213. The molecule has 122 valence electrons. The van der Waals surface area contributed by atoms with E-state index in [0.29, 0.717) is 12.8 Å². The average molecular weight is 328 g/mol. The molecule has 1 aromatic carbocycles. The fourth-order valence-corrected chi connectivity index (χ4v) is 2.74. The molecule has 3 rings (SSSR count). The molecule has 1 atom stereocenters. The Morgan fingerprint density at radius 1 is 1.39 bits per heavy atom. The van der Waals surface area contributed by atoms with E-state index in [1.807, 2.05) is 0 Å². The molecular formula is C14H11F3N2O4. The first-order valence-corrected chi connectivity index (χ1v) is 6.79. The summed E-state index contributed by atoms with van der Waals surface area (Å²) in [5, 5.41) is 8.82. The van der Waals surface area contributed by atoms with E-state index >= 15 is 0 Å². The minimum Gasteiger partial charge on any atom is -0.465 e. The number of rotatable bonds is 1. The zero-order chi connectivity index (χ0) is 16.8. The number of hydrogen-bond acceptors (Lipinski definition) is 4. The van der Waals surface area contributed by atoms with Gasteiger partial charge in [0.2, 0.25) is 5.89 Å². The lowest BCUT2D eigenvalue weighted by Crippen LogP contribution is -2.30. The number of nitrogens with zero attached hydrogens (tertiary/aromatic N) is 2. The summed E-state index contributed by atoms with van der Waals surface area (Å²) in [5.41, 5.74) is -2.54. The minimum absolute atomic E-state index is 0.213. The van der Waals surface area contributed by atoms with Gasteiger partial charge in [-0.05, 0) is 25.0 Å². The largest absolute Gasteiger partial charge is 0.465 e. The maximum Gasteiger partial charge on any atom is 0.418 e. The van der Waals surface area contributed by atoms with Gasteiger partial charge in [0.05, 0.1) is 16.5 Å². The molecular weight excluding hydrogens is 317 g/mol. The van der Waals surface area contributed by atoms with Crippen LogP contribution >= 0.6 is 0 Å². The molecule has 1 aliphatic heterocycles. The second-order valence-corrected chi connectivity index (χ2v) is 5.17. The lowest BCUT2D eigenvalue weighted by atomic mass is 10.1. The van der Waals surface area contributed by atoms with Crippen LogP contribution in [0.15, 0.2) is 27.4 Å². The van der Waals surface area contributed by atoms with E-state index in [1.165, 1.54) is 6.07 Å². The molecule has 2 heterocycles. The van der Waals surface area contributed by atoms with E-state index in [-0.39, 0.29) is 17.8 Å². The number of aromatic nitrogens is 1. The fourth-order valence-electron chi connectivity index (χ4n) is 2.74. The van der Waals surface area contributed by atoms with Crippen LogP contribution in [0.2, 0.25) is 0 Å². The van der Waals surface area contributed by atoms with Gasteiger partial charge < -0.3 is 9.52 Å². The highest BCUT2D eigenvalue weighted by molar-refractivity contribution is 5.81. The zero-order valence-corrected chi connectivity index (χ0v) is 11.6. The van der Waals surface area contributed by atoms with Crippen molar-refractivity contribution >= 4 is 17.0 Å². The monoisotopic (exact) mass is 328 g/mol. The quantitative estimate of drug-likeness (QED) is 0.870. The Hall–Kier alpha value is -2.58. The number of carboxylic acid groups (broad SMARTS) is 1. The first-order valence-electron chi connectivity index (χ1n) is 6.79. The Morgan fingerprint density at radius 2 is 2.13 bits per heavy atom. The molecule has 0 unspecified atom stereocenters. The lowest BCUT2D eigenvalue weighted by molar-refractivity contribution is -0.136. The molecule has 1 saturated heterocycles. The summed E-state index contributed by atoms with van der Waals surface area (Å²) >= 11 is 0. The highest BCUT2D eigenvalue weighted by Crippen LogP contribution is 2.35. The molecule has 1 aromatic heterocycles. The van der Waals surface area contributed by atoms with Gasteiger partial charge in [-0.1, -0.05) is 6.07 Å². The molecule has 9 heteroatoms. The Balaban J connectivity index is 2.21. The Labute approximate surface area is 127 Å². The normalized spacial score (nSPS) is 18.6. The van der Waals surface area contributed by atoms with Crippen LogP contribution in [0.5, 0.6) is 0 Å². The number of hydrogen-bond donors (Lipinski definition) is 1. The molecule has 0 bridgehead atoms. The van der Waals surface area contributed by atoms with Gasteiger partial charge in [-0.15, -0.1) is 0 Å². The van der Waals surface area contributed by atoms with Gasteiger partial charge in [0.15, 0.2) is 0 Å². The van der Waals surface area contributed by atoms with Gasteiger partial charge >= 0.3 is 17.9 Å². The molecule has 1 aliphatic rings. The van der Waals surface area contributed by atoms with Gasteiger partial charge in [0, 0.05) is 6.54 Å². The third kappa shape index (κ3) is 2.62. The van der Waals surface area contributed by atoms with E-state index in [0.717, 1.165) is 17.0 Å². The fraction of sp³-hybridized carbons (Fsp3) is 0.357. The molecule has 0 saturated carbocycles. The topological polar surface area (TPSA) is 83.6 Å². The molecule has 1 fully saturated rings. The van der Waals surface area contributed by atoms with Crippen LogP contribution in [-0.2, 0) is 6.18 Å². The SMILES string of the molecule is O=C(O)N1CCC[C@H]1c1nc2c(C(F)(F)F)cccc2c(=O)o1. The molecule has 0 aliphatic carbocycles. The highest BCUT2D eigenvalue weighted by Gasteiger charge is 2.36. The maximum atomic E-state index is 13.1. The number of likely N-dealkylation sites (tertiary alicyclic amines) is 1. The number of carbonyl (C=O) groups is 1. The standard InChI is InChI=1S/C14H11F3N2O4/c15-14(16,17)8-4-1-3-7-10(8)18-11(23-12(7)20)9-5-2-6-19(9)13(21)22/h1,3-4,9H,2,5-6H2,(H,21,22)/t9-/m0/s1. The first kappa shape index (κ1) is 15.3. The summed E-state index contributed by atoms with van der Waals surface area (Å²) in [4.78, 5) is 28.0. The van der Waals surface area contributed by atoms with Crippen molar-refractivity contribution < 1.29 is 27.5 Å². The molecule has 23 heavy (non-hydrogen) atoms. The predicted octanol–water partition coefficient (Wildman–Crippen LogP) is 3.02. The van der Waals surface area contributed by atoms with Gasteiger partial charge in [-0.2, -0.15) is 13.2 Å². The zero-order valence-electron chi connectivity index (χ0n) is 11.6.